The molecule has 1 unspecified atom stereocenters. The fourth-order valence-electron chi connectivity index (χ4n) is 3.29. The number of carbonyl (C=O) groups is 1. The number of halogens is 2. The van der Waals surface area contributed by atoms with E-state index in [1.807, 2.05) is 18.4 Å². The van der Waals surface area contributed by atoms with Crippen LogP contribution in [0.25, 0.3) is 0 Å². The topological polar surface area (TPSA) is 76.3 Å². The number of aromatic carboxylic acids is 1. The van der Waals surface area contributed by atoms with Crippen LogP contribution in [0.1, 0.15) is 47.5 Å². The van der Waals surface area contributed by atoms with E-state index in [0.29, 0.717) is 15.7 Å². The molecule has 1 atom stereocenters. The van der Waals surface area contributed by atoms with Gasteiger partial charge in [0.15, 0.2) is 0 Å². The van der Waals surface area contributed by atoms with E-state index in [1.165, 1.54) is 16.8 Å². The summed E-state index contributed by atoms with van der Waals surface area (Å²) in [6.45, 7) is 3.93. The van der Waals surface area contributed by atoms with Crippen molar-refractivity contribution in [3.63, 3.8) is 0 Å². The number of nitrogens with one attached hydrogen (secondary N) is 1. The van der Waals surface area contributed by atoms with Gasteiger partial charge in [0.05, 0.1) is 22.3 Å². The molecule has 0 spiro atoms. The third-order valence-corrected chi connectivity index (χ3v) is 5.13. The van der Waals surface area contributed by atoms with Crippen LogP contribution in [0.3, 0.4) is 0 Å². The number of rotatable bonds is 6. The normalized spacial score (nSPS) is 12.2. The van der Waals surface area contributed by atoms with Crippen LogP contribution in [0, 0.1) is 0 Å². The SMILES string of the molecule is CC(C)n1ccc(C(=O)O)c1C(Nc1cc(Cl)cn(C)c1=O)c1ccc(Cl)cc1. The minimum absolute atomic E-state index is 0.0110. The molecule has 0 fully saturated rings. The van der Waals surface area contributed by atoms with Gasteiger partial charge in [-0.2, -0.15) is 0 Å². The van der Waals surface area contributed by atoms with E-state index in [4.69, 9.17) is 23.2 Å². The minimum atomic E-state index is -1.04. The second-order valence-corrected chi connectivity index (χ2v) is 7.91. The number of anilines is 1. The predicted octanol–water partition coefficient (Wildman–Crippen LogP) is 4.97. The first-order chi connectivity index (χ1) is 13.7. The first-order valence-corrected chi connectivity index (χ1v) is 9.76. The number of hydrogen-bond donors (Lipinski definition) is 2. The summed E-state index contributed by atoms with van der Waals surface area (Å²) in [5.41, 5.74) is 1.46. The summed E-state index contributed by atoms with van der Waals surface area (Å²) in [7, 11) is 1.61. The third-order valence-electron chi connectivity index (χ3n) is 4.67. The molecule has 8 heteroatoms. The van der Waals surface area contributed by atoms with Gasteiger partial charge in [0, 0.05) is 30.5 Å². The highest BCUT2D eigenvalue weighted by Crippen LogP contribution is 2.32. The molecule has 29 heavy (non-hydrogen) atoms. The summed E-state index contributed by atoms with van der Waals surface area (Å²) < 4.78 is 3.26. The van der Waals surface area contributed by atoms with Crippen molar-refractivity contribution in [2.45, 2.75) is 25.9 Å². The van der Waals surface area contributed by atoms with Gasteiger partial charge in [-0.1, -0.05) is 35.3 Å². The number of aryl methyl sites for hydroxylation is 1. The summed E-state index contributed by atoms with van der Waals surface area (Å²) in [5.74, 6) is -1.04. The molecule has 3 aromatic rings. The molecule has 0 saturated heterocycles. The van der Waals surface area contributed by atoms with E-state index in [2.05, 4.69) is 5.32 Å². The van der Waals surface area contributed by atoms with Crippen LogP contribution in [0.4, 0.5) is 5.69 Å². The zero-order valence-electron chi connectivity index (χ0n) is 16.2. The van der Waals surface area contributed by atoms with Crippen LogP contribution >= 0.6 is 23.2 Å². The zero-order valence-corrected chi connectivity index (χ0v) is 17.7. The lowest BCUT2D eigenvalue weighted by Crippen LogP contribution is -2.26. The molecule has 0 amide bonds. The molecule has 152 valence electrons. The van der Waals surface area contributed by atoms with Crippen molar-refractivity contribution < 1.29 is 9.90 Å². The van der Waals surface area contributed by atoms with Gasteiger partial charge < -0.3 is 19.6 Å². The molecule has 3 rings (SSSR count). The molecular formula is C21H21Cl2N3O3. The molecular weight excluding hydrogens is 413 g/mol. The monoisotopic (exact) mass is 433 g/mol. The first kappa shape index (κ1) is 21.0. The molecule has 0 aliphatic rings. The lowest BCUT2D eigenvalue weighted by molar-refractivity contribution is 0.0695. The predicted molar refractivity (Wildman–Crippen MR) is 115 cm³/mol. The fourth-order valence-corrected chi connectivity index (χ4v) is 3.67. The molecule has 0 aliphatic heterocycles. The maximum Gasteiger partial charge on any atom is 0.337 e. The molecule has 2 aromatic heterocycles. The molecule has 0 aliphatic carbocycles. The van der Waals surface area contributed by atoms with Gasteiger partial charge in [0.2, 0.25) is 0 Å². The molecule has 2 N–H and O–H groups in total. The molecule has 0 saturated carbocycles. The van der Waals surface area contributed by atoms with Crippen molar-refractivity contribution >= 4 is 34.9 Å². The van der Waals surface area contributed by atoms with Crippen molar-refractivity contribution in [3.8, 4) is 0 Å². The Balaban J connectivity index is 2.23. The average Bonchev–Trinajstić information content (AvgIpc) is 3.09. The highest BCUT2D eigenvalue weighted by Gasteiger charge is 2.27. The van der Waals surface area contributed by atoms with Crippen LogP contribution in [-0.4, -0.2) is 20.2 Å². The van der Waals surface area contributed by atoms with E-state index in [1.54, 1.807) is 43.6 Å². The van der Waals surface area contributed by atoms with Crippen molar-refractivity contribution in [3.05, 3.63) is 86.0 Å². The van der Waals surface area contributed by atoms with Gasteiger partial charge in [-0.05, 0) is 43.7 Å². The maximum absolute atomic E-state index is 12.6. The number of carboxylic acids is 1. The van der Waals surface area contributed by atoms with Gasteiger partial charge in [-0.25, -0.2) is 4.79 Å². The van der Waals surface area contributed by atoms with E-state index < -0.39 is 12.0 Å². The smallest absolute Gasteiger partial charge is 0.337 e. The lowest BCUT2D eigenvalue weighted by Gasteiger charge is -2.25. The van der Waals surface area contributed by atoms with Crippen LogP contribution in [0.5, 0.6) is 0 Å². The molecule has 0 radical (unpaired) electrons. The Labute approximate surface area is 178 Å². The van der Waals surface area contributed by atoms with Crippen molar-refractivity contribution in [1.29, 1.82) is 0 Å². The van der Waals surface area contributed by atoms with Gasteiger partial charge in [0.1, 0.15) is 5.69 Å². The highest BCUT2D eigenvalue weighted by atomic mass is 35.5. The molecule has 1 aromatic carbocycles. The van der Waals surface area contributed by atoms with Crippen molar-refractivity contribution in [1.82, 2.24) is 9.13 Å². The number of aromatic nitrogens is 2. The Morgan fingerprint density at radius 2 is 1.76 bits per heavy atom. The molecule has 6 nitrogen and oxygen atoms in total. The second kappa shape index (κ2) is 8.35. The Morgan fingerprint density at radius 1 is 1.10 bits per heavy atom. The van der Waals surface area contributed by atoms with Crippen molar-refractivity contribution in [2.24, 2.45) is 7.05 Å². The summed E-state index contributed by atoms with van der Waals surface area (Å²) in [6, 6.07) is 9.57. The number of benzene rings is 1. The highest BCUT2D eigenvalue weighted by molar-refractivity contribution is 6.31. The van der Waals surface area contributed by atoms with Crippen molar-refractivity contribution in [2.75, 3.05) is 5.32 Å². The zero-order chi connectivity index (χ0) is 21.3. The van der Waals surface area contributed by atoms with E-state index in [0.717, 1.165) is 5.56 Å². The van der Waals surface area contributed by atoms with E-state index in [9.17, 15) is 14.7 Å². The average molecular weight is 434 g/mol. The number of pyridine rings is 1. The van der Waals surface area contributed by atoms with Gasteiger partial charge in [-0.3, -0.25) is 4.79 Å². The minimum Gasteiger partial charge on any atom is -0.478 e. The largest absolute Gasteiger partial charge is 0.478 e. The van der Waals surface area contributed by atoms with Crippen LogP contribution in [0.2, 0.25) is 10.0 Å². The molecule has 0 bridgehead atoms. The lowest BCUT2D eigenvalue weighted by atomic mass is 9.99. The Kier molecular flexibility index (Phi) is 6.05. The first-order valence-electron chi connectivity index (χ1n) is 9.01. The summed E-state index contributed by atoms with van der Waals surface area (Å²) in [5, 5.41) is 13.9. The van der Waals surface area contributed by atoms with Gasteiger partial charge >= 0.3 is 5.97 Å². The number of hydrogen-bond acceptors (Lipinski definition) is 3. The van der Waals surface area contributed by atoms with Crippen LogP contribution < -0.4 is 10.9 Å². The number of carboxylic acid groups (broad SMARTS) is 1. The van der Waals surface area contributed by atoms with E-state index >= 15 is 0 Å². The maximum atomic E-state index is 12.6. The second-order valence-electron chi connectivity index (χ2n) is 7.04. The number of nitrogens with zero attached hydrogens (tertiary/aromatic N) is 2. The molecule has 2 heterocycles. The summed E-state index contributed by atoms with van der Waals surface area (Å²) in [6.07, 6.45) is 3.26. The standard InChI is InChI=1S/C21H21Cl2N3O3/c1-12(2)26-9-8-16(21(28)29)19(26)18(13-4-6-14(22)7-5-13)24-17-10-15(23)11-25(3)20(17)27/h4-12,18,24H,1-3H3,(H,28,29). The summed E-state index contributed by atoms with van der Waals surface area (Å²) in [4.78, 5) is 24.6. The van der Waals surface area contributed by atoms with Gasteiger partial charge in [-0.15, -0.1) is 0 Å². The Bertz CT molecular complexity index is 1100. The van der Waals surface area contributed by atoms with E-state index in [-0.39, 0.29) is 22.9 Å². The van der Waals surface area contributed by atoms with Crippen LogP contribution in [-0.2, 0) is 7.05 Å². The quantitative estimate of drug-likeness (QED) is 0.574. The summed E-state index contributed by atoms with van der Waals surface area (Å²) >= 11 is 12.2. The Hall–Kier alpha value is -2.70. The Morgan fingerprint density at radius 3 is 2.34 bits per heavy atom. The van der Waals surface area contributed by atoms with Gasteiger partial charge in [0.25, 0.3) is 5.56 Å². The third kappa shape index (κ3) is 4.33. The van der Waals surface area contributed by atoms with Crippen LogP contribution in [0.15, 0.2) is 53.6 Å². The fraction of sp³-hybridized carbons (Fsp3) is 0.238.